The summed E-state index contributed by atoms with van der Waals surface area (Å²) in [7, 11) is 0. The number of carbonyl (C=O) groups excluding carboxylic acids is 2. The number of amides is 2. The van der Waals surface area contributed by atoms with Crippen LogP contribution in [0.5, 0.6) is 0 Å². The third kappa shape index (κ3) is 6.36. The van der Waals surface area contributed by atoms with Crippen LogP contribution in [-0.2, 0) is 11.3 Å². The minimum atomic E-state index is -0.532. The minimum Gasteiger partial charge on any atom is -0.345 e. The summed E-state index contributed by atoms with van der Waals surface area (Å²) in [6.07, 6.45) is 0. The lowest BCUT2D eigenvalue weighted by Crippen LogP contribution is -2.25. The van der Waals surface area contributed by atoms with E-state index < -0.39 is 17.6 Å². The van der Waals surface area contributed by atoms with Gasteiger partial charge in [-0.05, 0) is 48.5 Å². The van der Waals surface area contributed by atoms with E-state index in [1.165, 1.54) is 30.3 Å². The van der Waals surface area contributed by atoms with Gasteiger partial charge < -0.3 is 10.6 Å². The van der Waals surface area contributed by atoms with Crippen LogP contribution in [0, 0.1) is 5.82 Å². The highest BCUT2D eigenvalue weighted by molar-refractivity contribution is 7.99. The third-order valence-corrected chi connectivity index (χ3v) is 6.56. The van der Waals surface area contributed by atoms with Gasteiger partial charge in [-0.15, -0.1) is 10.2 Å². The maximum Gasteiger partial charge on any atom is 0.253 e. The molecule has 7 nitrogen and oxygen atoms in total. The Morgan fingerprint density at radius 3 is 2.50 bits per heavy atom. The smallest absolute Gasteiger partial charge is 0.253 e. The summed E-state index contributed by atoms with van der Waals surface area (Å²) < 4.78 is 15.5. The summed E-state index contributed by atoms with van der Waals surface area (Å²) in [4.78, 5) is 25.1. The number of halogens is 4. The van der Waals surface area contributed by atoms with E-state index in [1.807, 2.05) is 0 Å². The molecule has 1 heterocycles. The van der Waals surface area contributed by atoms with Gasteiger partial charge in [0.25, 0.3) is 5.91 Å². The van der Waals surface area contributed by atoms with Crippen molar-refractivity contribution in [1.82, 2.24) is 20.1 Å². The van der Waals surface area contributed by atoms with E-state index in [1.54, 1.807) is 41.0 Å². The zero-order valence-electron chi connectivity index (χ0n) is 18.3. The SMILES string of the molecule is O=C(CSc1nnc(CNC(=O)c2cc(Cl)ccc2Cl)n1-c1cccc(Cl)c1)Nc1ccccc1F. The molecule has 0 saturated carbocycles. The van der Waals surface area contributed by atoms with Gasteiger partial charge in [-0.25, -0.2) is 4.39 Å². The number of para-hydroxylation sites is 1. The number of nitrogens with one attached hydrogen (secondary N) is 2. The van der Waals surface area contributed by atoms with Gasteiger partial charge >= 0.3 is 0 Å². The average molecular weight is 565 g/mol. The van der Waals surface area contributed by atoms with Gasteiger partial charge in [0.1, 0.15) is 5.82 Å². The van der Waals surface area contributed by atoms with Crippen molar-refractivity contribution in [2.75, 3.05) is 11.1 Å². The number of anilines is 1. The molecule has 3 aromatic carbocycles. The molecule has 0 fully saturated rings. The summed E-state index contributed by atoms with van der Waals surface area (Å²) in [5.41, 5.74) is 0.939. The second-order valence-electron chi connectivity index (χ2n) is 7.34. The first-order valence-corrected chi connectivity index (χ1v) is 12.5. The molecule has 0 saturated heterocycles. The molecule has 0 aliphatic heterocycles. The molecule has 2 N–H and O–H groups in total. The topological polar surface area (TPSA) is 88.9 Å². The van der Waals surface area contributed by atoms with E-state index in [9.17, 15) is 14.0 Å². The van der Waals surface area contributed by atoms with Crippen molar-refractivity contribution in [2.24, 2.45) is 0 Å². The first kappa shape index (κ1) is 26.0. The second-order valence-corrected chi connectivity index (χ2v) is 9.56. The Labute approximate surface area is 225 Å². The van der Waals surface area contributed by atoms with E-state index in [0.717, 1.165) is 11.8 Å². The molecule has 0 atom stereocenters. The second kappa shape index (κ2) is 11.7. The van der Waals surface area contributed by atoms with E-state index in [0.29, 0.717) is 26.7 Å². The highest BCUT2D eigenvalue weighted by Gasteiger charge is 2.18. The molecule has 12 heteroatoms. The highest BCUT2D eigenvalue weighted by Crippen LogP contribution is 2.25. The lowest BCUT2D eigenvalue weighted by Gasteiger charge is -2.12. The molecular weight excluding hydrogens is 548 g/mol. The van der Waals surface area contributed by atoms with Crippen LogP contribution in [-0.4, -0.2) is 32.3 Å². The van der Waals surface area contributed by atoms with Crippen LogP contribution in [0.4, 0.5) is 10.1 Å². The van der Waals surface area contributed by atoms with E-state index >= 15 is 0 Å². The maximum absolute atomic E-state index is 13.8. The standard InChI is InChI=1S/C24H17Cl3FN5O2S/c25-14-4-3-5-16(10-14)33-21(12-29-23(35)17-11-15(26)8-9-18(17)27)31-32-24(33)36-13-22(34)30-20-7-2-1-6-19(20)28/h1-11H,12-13H2,(H,29,35)(H,30,34). The van der Waals surface area contributed by atoms with Crippen LogP contribution in [0.25, 0.3) is 5.69 Å². The van der Waals surface area contributed by atoms with Crippen molar-refractivity contribution in [3.05, 3.63) is 99.0 Å². The Bertz CT molecular complexity index is 1430. The summed E-state index contributed by atoms with van der Waals surface area (Å²) in [5.74, 6) is -1.06. The van der Waals surface area contributed by atoms with Crippen molar-refractivity contribution < 1.29 is 14.0 Å². The lowest BCUT2D eigenvalue weighted by molar-refractivity contribution is -0.113. The molecule has 0 spiro atoms. The molecule has 0 aliphatic rings. The number of thioether (sulfide) groups is 1. The predicted molar refractivity (Wildman–Crippen MR) is 140 cm³/mol. The molecule has 36 heavy (non-hydrogen) atoms. The molecule has 2 amide bonds. The summed E-state index contributed by atoms with van der Waals surface area (Å²) in [6.45, 7) is 0.00315. The van der Waals surface area contributed by atoms with Gasteiger partial charge in [0.2, 0.25) is 5.91 Å². The van der Waals surface area contributed by atoms with Crippen LogP contribution in [0.2, 0.25) is 15.1 Å². The average Bonchev–Trinajstić information content (AvgIpc) is 3.27. The molecule has 4 aromatic rings. The zero-order valence-corrected chi connectivity index (χ0v) is 21.4. The molecule has 1 aromatic heterocycles. The predicted octanol–water partition coefficient (Wildman–Crippen LogP) is 6.03. The van der Waals surface area contributed by atoms with Crippen LogP contribution in [0.1, 0.15) is 16.2 Å². The Kier molecular flexibility index (Phi) is 8.48. The Morgan fingerprint density at radius 2 is 1.72 bits per heavy atom. The number of hydrogen-bond donors (Lipinski definition) is 2. The van der Waals surface area contributed by atoms with Gasteiger partial charge in [0.05, 0.1) is 34.3 Å². The first-order chi connectivity index (χ1) is 17.3. The van der Waals surface area contributed by atoms with Crippen molar-refractivity contribution >= 4 is 64.1 Å². The Morgan fingerprint density at radius 1 is 0.944 bits per heavy atom. The maximum atomic E-state index is 13.8. The van der Waals surface area contributed by atoms with Gasteiger partial charge in [0.15, 0.2) is 11.0 Å². The number of carbonyl (C=O) groups is 2. The molecule has 4 rings (SSSR count). The number of nitrogens with zero attached hydrogens (tertiary/aromatic N) is 3. The van der Waals surface area contributed by atoms with Crippen molar-refractivity contribution in [3.8, 4) is 5.69 Å². The molecule has 0 bridgehead atoms. The van der Waals surface area contributed by atoms with E-state index in [-0.39, 0.29) is 28.6 Å². The van der Waals surface area contributed by atoms with Crippen molar-refractivity contribution in [2.45, 2.75) is 11.7 Å². The number of aromatic nitrogens is 3. The van der Waals surface area contributed by atoms with Gasteiger partial charge in [-0.3, -0.25) is 14.2 Å². The molecule has 0 unspecified atom stereocenters. The van der Waals surface area contributed by atoms with E-state index in [2.05, 4.69) is 20.8 Å². The number of rotatable bonds is 8. The fourth-order valence-electron chi connectivity index (χ4n) is 3.19. The Hall–Kier alpha value is -3.11. The minimum absolute atomic E-state index is 0.00315. The number of hydrogen-bond acceptors (Lipinski definition) is 5. The van der Waals surface area contributed by atoms with Crippen molar-refractivity contribution in [1.29, 1.82) is 0 Å². The first-order valence-electron chi connectivity index (χ1n) is 10.4. The quantitative estimate of drug-likeness (QED) is 0.255. The molecule has 184 valence electrons. The summed E-state index contributed by atoms with van der Waals surface area (Å²) >= 11 is 19.4. The monoisotopic (exact) mass is 563 g/mol. The van der Waals surface area contributed by atoms with Gasteiger partial charge in [-0.2, -0.15) is 0 Å². The Balaban J connectivity index is 1.53. The summed E-state index contributed by atoms with van der Waals surface area (Å²) in [5, 5.41) is 15.1. The van der Waals surface area contributed by atoms with E-state index in [4.69, 9.17) is 34.8 Å². The third-order valence-electron chi connectivity index (χ3n) is 4.83. The normalized spacial score (nSPS) is 10.8. The highest BCUT2D eigenvalue weighted by atomic mass is 35.5. The zero-order chi connectivity index (χ0) is 25.7. The van der Waals surface area contributed by atoms with Crippen LogP contribution in [0.15, 0.2) is 71.9 Å². The molecule has 0 radical (unpaired) electrons. The van der Waals surface area contributed by atoms with Crippen LogP contribution < -0.4 is 10.6 Å². The van der Waals surface area contributed by atoms with Crippen LogP contribution >= 0.6 is 46.6 Å². The number of benzene rings is 3. The lowest BCUT2D eigenvalue weighted by atomic mass is 10.2. The summed E-state index contributed by atoms with van der Waals surface area (Å²) in [6, 6.07) is 17.4. The van der Waals surface area contributed by atoms with Gasteiger partial charge in [-0.1, -0.05) is 64.8 Å². The van der Waals surface area contributed by atoms with Crippen LogP contribution in [0.3, 0.4) is 0 Å². The van der Waals surface area contributed by atoms with Crippen molar-refractivity contribution in [3.63, 3.8) is 0 Å². The molecular formula is C24H17Cl3FN5O2S. The fraction of sp³-hybridized carbons (Fsp3) is 0.0833. The molecule has 0 aliphatic carbocycles. The largest absolute Gasteiger partial charge is 0.345 e. The van der Waals surface area contributed by atoms with Gasteiger partial charge in [0, 0.05) is 10.0 Å². The fourth-order valence-corrected chi connectivity index (χ4v) is 4.52.